The molecule has 2 aromatic carbocycles. The van der Waals surface area contributed by atoms with Crippen molar-refractivity contribution in [2.45, 2.75) is 0 Å². The second-order valence-electron chi connectivity index (χ2n) is 5.04. The van der Waals surface area contributed by atoms with Gasteiger partial charge in [-0.05, 0) is 36.4 Å². The molecule has 1 heterocycles. The van der Waals surface area contributed by atoms with Gasteiger partial charge in [-0.25, -0.2) is 0 Å². The number of benzene rings is 2. The van der Waals surface area contributed by atoms with Crippen molar-refractivity contribution < 1.29 is 4.79 Å². The zero-order valence-corrected chi connectivity index (χ0v) is 12.4. The standard InChI is InChI=1S/C20H15NO2/c22-19(16-8-3-1-4-9-16)14-13-17-10-7-15-21(20(17)23)18-11-5-2-6-12-18/h1-15H/b14-13-. The monoisotopic (exact) mass is 301 g/mol. The Balaban J connectivity index is 1.91. The van der Waals surface area contributed by atoms with Crippen molar-refractivity contribution in [3.05, 3.63) is 107 Å². The number of allylic oxidation sites excluding steroid dienone is 1. The fourth-order valence-electron chi connectivity index (χ4n) is 2.29. The van der Waals surface area contributed by atoms with Crippen molar-refractivity contribution in [2.75, 3.05) is 0 Å². The van der Waals surface area contributed by atoms with Crippen LogP contribution < -0.4 is 5.56 Å². The molecule has 3 rings (SSSR count). The molecule has 0 bridgehead atoms. The van der Waals surface area contributed by atoms with Gasteiger partial charge in [-0.15, -0.1) is 0 Å². The smallest absolute Gasteiger partial charge is 0.262 e. The molecule has 112 valence electrons. The van der Waals surface area contributed by atoms with Gasteiger partial charge in [-0.3, -0.25) is 14.2 Å². The summed E-state index contributed by atoms with van der Waals surface area (Å²) in [6.45, 7) is 0. The molecule has 0 saturated heterocycles. The van der Waals surface area contributed by atoms with Gasteiger partial charge in [0.25, 0.3) is 5.56 Å². The summed E-state index contributed by atoms with van der Waals surface area (Å²) in [4.78, 5) is 24.6. The lowest BCUT2D eigenvalue weighted by Gasteiger charge is -2.05. The molecule has 1 aromatic heterocycles. The molecule has 3 nitrogen and oxygen atoms in total. The number of aromatic nitrogens is 1. The average molecular weight is 301 g/mol. The van der Waals surface area contributed by atoms with Gasteiger partial charge >= 0.3 is 0 Å². The van der Waals surface area contributed by atoms with Crippen LogP contribution in [0.5, 0.6) is 0 Å². The fraction of sp³-hybridized carbons (Fsp3) is 0. The summed E-state index contributed by atoms with van der Waals surface area (Å²) in [6.07, 6.45) is 4.71. The zero-order valence-electron chi connectivity index (χ0n) is 12.4. The van der Waals surface area contributed by atoms with Gasteiger partial charge in [-0.1, -0.05) is 48.5 Å². The maximum absolute atomic E-state index is 12.5. The van der Waals surface area contributed by atoms with Crippen molar-refractivity contribution in [1.29, 1.82) is 0 Å². The van der Waals surface area contributed by atoms with Gasteiger partial charge in [0, 0.05) is 23.0 Å². The summed E-state index contributed by atoms with van der Waals surface area (Å²) in [5.74, 6) is -0.125. The first-order chi connectivity index (χ1) is 11.3. The van der Waals surface area contributed by atoms with Crippen molar-refractivity contribution in [3.8, 4) is 5.69 Å². The minimum absolute atomic E-state index is 0.125. The van der Waals surface area contributed by atoms with Crippen LogP contribution in [0.15, 0.2) is 89.9 Å². The predicted octanol–water partition coefficient (Wildman–Crippen LogP) is 3.73. The van der Waals surface area contributed by atoms with Crippen LogP contribution >= 0.6 is 0 Å². The third-order valence-electron chi connectivity index (χ3n) is 3.48. The van der Waals surface area contributed by atoms with Crippen molar-refractivity contribution in [1.82, 2.24) is 4.57 Å². The topological polar surface area (TPSA) is 39.1 Å². The highest BCUT2D eigenvalue weighted by atomic mass is 16.1. The summed E-state index contributed by atoms with van der Waals surface area (Å²) in [6, 6.07) is 21.9. The SMILES string of the molecule is O=C(/C=C\c1cccn(-c2ccccc2)c1=O)c1ccccc1. The van der Waals surface area contributed by atoms with Gasteiger partial charge in [0.15, 0.2) is 5.78 Å². The third kappa shape index (κ3) is 3.35. The molecule has 0 aliphatic carbocycles. The number of hydrogen-bond acceptors (Lipinski definition) is 2. The Bertz CT molecular complexity index is 894. The zero-order chi connectivity index (χ0) is 16.1. The number of para-hydroxylation sites is 1. The first-order valence-corrected chi connectivity index (χ1v) is 7.30. The molecule has 0 fully saturated rings. The highest BCUT2D eigenvalue weighted by Crippen LogP contribution is 2.06. The van der Waals surface area contributed by atoms with Crippen LogP contribution in [0.1, 0.15) is 15.9 Å². The van der Waals surface area contributed by atoms with E-state index in [0.29, 0.717) is 11.1 Å². The minimum Gasteiger partial charge on any atom is -0.289 e. The number of carbonyl (C=O) groups excluding carboxylic acids is 1. The second-order valence-corrected chi connectivity index (χ2v) is 5.04. The molecule has 0 amide bonds. The molecule has 0 saturated carbocycles. The molecule has 23 heavy (non-hydrogen) atoms. The van der Waals surface area contributed by atoms with Crippen molar-refractivity contribution in [2.24, 2.45) is 0 Å². The summed E-state index contributed by atoms with van der Waals surface area (Å²) in [7, 11) is 0. The summed E-state index contributed by atoms with van der Waals surface area (Å²) < 4.78 is 1.56. The maximum Gasteiger partial charge on any atom is 0.262 e. The second kappa shape index (κ2) is 6.71. The molecular weight excluding hydrogens is 286 g/mol. The van der Waals surface area contributed by atoms with E-state index in [2.05, 4.69) is 0 Å². The summed E-state index contributed by atoms with van der Waals surface area (Å²) in [5, 5.41) is 0. The molecule has 3 aromatic rings. The molecule has 0 atom stereocenters. The van der Waals surface area contributed by atoms with Crippen molar-refractivity contribution >= 4 is 11.9 Å². The highest BCUT2D eigenvalue weighted by molar-refractivity contribution is 6.06. The molecule has 0 N–H and O–H groups in total. The number of pyridine rings is 1. The Labute approximate surface area is 134 Å². The fourth-order valence-corrected chi connectivity index (χ4v) is 2.29. The van der Waals surface area contributed by atoms with Gasteiger partial charge in [0.1, 0.15) is 0 Å². The first-order valence-electron chi connectivity index (χ1n) is 7.30. The molecule has 0 aliphatic rings. The molecule has 0 spiro atoms. The van der Waals surface area contributed by atoms with Crippen LogP contribution in [0, 0.1) is 0 Å². The number of carbonyl (C=O) groups is 1. The Hall–Kier alpha value is -3.20. The van der Waals surface area contributed by atoms with Crippen LogP contribution in [-0.2, 0) is 0 Å². The number of nitrogens with zero attached hydrogens (tertiary/aromatic N) is 1. The molecular formula is C20H15NO2. The molecule has 0 radical (unpaired) electrons. The quantitative estimate of drug-likeness (QED) is 0.544. The van der Waals surface area contributed by atoms with E-state index in [1.165, 1.54) is 6.08 Å². The van der Waals surface area contributed by atoms with E-state index in [9.17, 15) is 9.59 Å². The van der Waals surface area contributed by atoms with E-state index >= 15 is 0 Å². The van der Waals surface area contributed by atoms with Gasteiger partial charge < -0.3 is 0 Å². The predicted molar refractivity (Wildman–Crippen MR) is 91.8 cm³/mol. The summed E-state index contributed by atoms with van der Waals surface area (Å²) >= 11 is 0. The Kier molecular flexibility index (Phi) is 4.29. The van der Waals surface area contributed by atoms with Crippen LogP contribution in [0.2, 0.25) is 0 Å². The van der Waals surface area contributed by atoms with Crippen LogP contribution in [-0.4, -0.2) is 10.4 Å². The summed E-state index contributed by atoms with van der Waals surface area (Å²) in [5.41, 5.74) is 1.71. The number of ketones is 1. The largest absolute Gasteiger partial charge is 0.289 e. The average Bonchev–Trinajstić information content (AvgIpc) is 2.62. The maximum atomic E-state index is 12.5. The highest BCUT2D eigenvalue weighted by Gasteiger charge is 2.04. The van der Waals surface area contributed by atoms with E-state index in [4.69, 9.17) is 0 Å². The first kappa shape index (κ1) is 14.7. The molecule has 0 aliphatic heterocycles. The van der Waals surface area contributed by atoms with Gasteiger partial charge in [-0.2, -0.15) is 0 Å². The lowest BCUT2D eigenvalue weighted by molar-refractivity contribution is 0.104. The number of hydrogen-bond donors (Lipinski definition) is 0. The van der Waals surface area contributed by atoms with E-state index in [-0.39, 0.29) is 11.3 Å². The van der Waals surface area contributed by atoms with Crippen LogP contribution in [0.3, 0.4) is 0 Å². The lowest BCUT2D eigenvalue weighted by atomic mass is 10.1. The number of rotatable bonds is 4. The normalized spacial score (nSPS) is 10.8. The Morgan fingerprint density at radius 3 is 2.17 bits per heavy atom. The van der Waals surface area contributed by atoms with E-state index < -0.39 is 0 Å². The van der Waals surface area contributed by atoms with Gasteiger partial charge in [0.2, 0.25) is 0 Å². The Morgan fingerprint density at radius 2 is 1.48 bits per heavy atom. The third-order valence-corrected chi connectivity index (χ3v) is 3.48. The van der Waals surface area contributed by atoms with E-state index in [0.717, 1.165) is 5.69 Å². The molecule has 3 heteroatoms. The lowest BCUT2D eigenvalue weighted by Crippen LogP contribution is -2.19. The van der Waals surface area contributed by atoms with Gasteiger partial charge in [0.05, 0.1) is 0 Å². The van der Waals surface area contributed by atoms with Crippen molar-refractivity contribution in [3.63, 3.8) is 0 Å². The Morgan fingerprint density at radius 1 is 0.826 bits per heavy atom. The van der Waals surface area contributed by atoms with E-state index in [1.807, 2.05) is 48.5 Å². The van der Waals surface area contributed by atoms with E-state index in [1.54, 1.807) is 41.1 Å². The minimum atomic E-state index is -0.157. The molecule has 0 unspecified atom stereocenters. The van der Waals surface area contributed by atoms with Crippen LogP contribution in [0.25, 0.3) is 11.8 Å². The van der Waals surface area contributed by atoms with Crippen LogP contribution in [0.4, 0.5) is 0 Å².